The van der Waals surface area contributed by atoms with E-state index in [1.807, 2.05) is 18.2 Å². The topological polar surface area (TPSA) is 49.9 Å². The van der Waals surface area contributed by atoms with Gasteiger partial charge in [0.1, 0.15) is 5.82 Å². The molecule has 0 radical (unpaired) electrons. The minimum Gasteiger partial charge on any atom is -0.440 e. The number of hydrazine groups is 1. The summed E-state index contributed by atoms with van der Waals surface area (Å²) in [5.41, 5.74) is 2.17. The molecule has 24 heavy (non-hydrogen) atoms. The second-order valence-corrected chi connectivity index (χ2v) is 5.87. The average molecular weight is 326 g/mol. The number of fused-ring (bicyclic) bond motifs is 4. The van der Waals surface area contributed by atoms with Crippen molar-refractivity contribution in [2.24, 2.45) is 0 Å². The molecule has 4 rings (SSSR count). The van der Waals surface area contributed by atoms with Crippen LogP contribution in [0.3, 0.4) is 0 Å². The molecule has 0 N–H and O–H groups in total. The fraction of sp³-hybridized carbons (Fsp3) is 0.222. The Morgan fingerprint density at radius 3 is 2.54 bits per heavy atom. The molecule has 2 bridgehead atoms. The van der Waals surface area contributed by atoms with Crippen LogP contribution in [0.15, 0.2) is 48.5 Å². The van der Waals surface area contributed by atoms with Gasteiger partial charge < -0.3 is 4.74 Å². The second kappa shape index (κ2) is 5.33. The van der Waals surface area contributed by atoms with E-state index in [2.05, 4.69) is 0 Å². The van der Waals surface area contributed by atoms with Crippen molar-refractivity contribution in [1.82, 2.24) is 5.01 Å². The highest BCUT2D eigenvalue weighted by molar-refractivity contribution is 5.99. The summed E-state index contributed by atoms with van der Waals surface area (Å²) in [5.74, 6) is -1.01. The van der Waals surface area contributed by atoms with E-state index in [1.54, 1.807) is 23.2 Å². The van der Waals surface area contributed by atoms with Crippen molar-refractivity contribution in [1.29, 1.82) is 0 Å². The summed E-state index contributed by atoms with van der Waals surface area (Å²) in [6.07, 6.45) is -0.197. The fourth-order valence-corrected chi connectivity index (χ4v) is 3.46. The number of benzene rings is 2. The number of hydrogen-bond donors (Lipinski definition) is 0. The van der Waals surface area contributed by atoms with Crippen LogP contribution >= 0.6 is 0 Å². The van der Waals surface area contributed by atoms with Crippen LogP contribution in [0.25, 0.3) is 0 Å². The highest BCUT2D eigenvalue weighted by Gasteiger charge is 2.50. The number of anilines is 1. The monoisotopic (exact) mass is 326 g/mol. The maximum Gasteiger partial charge on any atom is 0.304 e. The van der Waals surface area contributed by atoms with Crippen LogP contribution in [0.5, 0.6) is 0 Å². The van der Waals surface area contributed by atoms with E-state index in [4.69, 9.17) is 4.74 Å². The number of halogens is 1. The molecule has 1 saturated heterocycles. The number of ether oxygens (including phenoxy) is 1. The first-order valence-electron chi connectivity index (χ1n) is 7.70. The van der Waals surface area contributed by atoms with Gasteiger partial charge in [0.15, 0.2) is 6.23 Å². The molecule has 2 aliphatic rings. The van der Waals surface area contributed by atoms with Gasteiger partial charge in [-0.1, -0.05) is 18.2 Å². The van der Waals surface area contributed by atoms with Gasteiger partial charge in [-0.15, -0.1) is 0 Å². The molecule has 2 aromatic rings. The summed E-state index contributed by atoms with van der Waals surface area (Å²) in [6, 6.07) is 13.2. The van der Waals surface area contributed by atoms with Gasteiger partial charge in [0.05, 0.1) is 11.7 Å². The highest BCUT2D eigenvalue weighted by atomic mass is 19.1. The van der Waals surface area contributed by atoms with Crippen molar-refractivity contribution in [3.8, 4) is 0 Å². The van der Waals surface area contributed by atoms with Crippen molar-refractivity contribution >= 4 is 17.6 Å². The lowest BCUT2D eigenvalue weighted by molar-refractivity contribution is -0.151. The maximum absolute atomic E-state index is 13.3. The number of carbonyl (C=O) groups is 2. The lowest BCUT2D eigenvalue weighted by Gasteiger charge is -2.39. The standard InChI is InChI=1S/C18H15FN2O3/c1-11(22)24-17-10-16-14-4-2-3-5-15(14)18(23)21(17)20(16)13-8-6-12(19)7-9-13/h2-9,16-17H,10H2,1H3/t16-,17-/m0/s1. The Kier molecular flexibility index (Phi) is 3.26. The minimum absolute atomic E-state index is 0.145. The van der Waals surface area contributed by atoms with Crippen molar-refractivity contribution in [2.75, 3.05) is 5.01 Å². The van der Waals surface area contributed by atoms with Crippen molar-refractivity contribution in [2.45, 2.75) is 25.6 Å². The van der Waals surface area contributed by atoms with E-state index in [0.29, 0.717) is 17.7 Å². The number of amides is 1. The summed E-state index contributed by atoms with van der Waals surface area (Å²) in [6.45, 7) is 1.32. The Bertz CT molecular complexity index is 821. The van der Waals surface area contributed by atoms with Gasteiger partial charge in [0.2, 0.25) is 0 Å². The summed E-state index contributed by atoms with van der Waals surface area (Å²) in [4.78, 5) is 24.4. The molecule has 6 heteroatoms. The van der Waals surface area contributed by atoms with Crippen LogP contribution in [0.1, 0.15) is 35.3 Å². The van der Waals surface area contributed by atoms with Crippen LogP contribution in [0, 0.1) is 5.82 Å². The quantitative estimate of drug-likeness (QED) is 0.796. The first kappa shape index (κ1) is 14.7. The van der Waals surface area contributed by atoms with Gasteiger partial charge in [-0.25, -0.2) is 9.40 Å². The molecule has 122 valence electrons. The van der Waals surface area contributed by atoms with Gasteiger partial charge in [-0.2, -0.15) is 0 Å². The number of esters is 1. The van der Waals surface area contributed by atoms with Gasteiger partial charge in [0.25, 0.3) is 5.91 Å². The number of carbonyl (C=O) groups excluding carboxylic acids is 2. The predicted octanol–water partition coefficient (Wildman–Crippen LogP) is 3.04. The fourth-order valence-electron chi connectivity index (χ4n) is 3.46. The highest BCUT2D eigenvalue weighted by Crippen LogP contribution is 2.46. The average Bonchev–Trinajstić information content (AvgIpc) is 2.87. The third-order valence-corrected chi connectivity index (χ3v) is 4.38. The van der Waals surface area contributed by atoms with Crippen molar-refractivity contribution in [3.63, 3.8) is 0 Å². The molecule has 0 spiro atoms. The van der Waals surface area contributed by atoms with E-state index in [0.717, 1.165) is 5.56 Å². The molecule has 0 unspecified atom stereocenters. The zero-order valence-electron chi connectivity index (χ0n) is 13.0. The summed E-state index contributed by atoms with van der Waals surface area (Å²) < 4.78 is 18.6. The largest absolute Gasteiger partial charge is 0.440 e. The molecular weight excluding hydrogens is 311 g/mol. The van der Waals surface area contributed by atoms with E-state index >= 15 is 0 Å². The molecule has 0 aromatic heterocycles. The van der Waals surface area contributed by atoms with Crippen LogP contribution < -0.4 is 5.01 Å². The normalized spacial score (nSPS) is 21.7. The van der Waals surface area contributed by atoms with E-state index in [-0.39, 0.29) is 17.8 Å². The number of rotatable bonds is 2. The van der Waals surface area contributed by atoms with Crippen LogP contribution in [-0.4, -0.2) is 23.1 Å². The van der Waals surface area contributed by atoms with Crippen LogP contribution in [-0.2, 0) is 9.53 Å². The molecule has 2 atom stereocenters. The lowest BCUT2D eigenvalue weighted by Crippen LogP contribution is -2.50. The van der Waals surface area contributed by atoms with Crippen molar-refractivity contribution in [3.05, 3.63) is 65.5 Å². The third-order valence-electron chi connectivity index (χ3n) is 4.38. The Morgan fingerprint density at radius 1 is 1.12 bits per heavy atom. The third kappa shape index (κ3) is 2.14. The Labute approximate surface area is 138 Å². The minimum atomic E-state index is -0.669. The molecule has 2 aliphatic heterocycles. The van der Waals surface area contributed by atoms with Crippen LogP contribution in [0.4, 0.5) is 10.1 Å². The Morgan fingerprint density at radius 2 is 1.83 bits per heavy atom. The van der Waals surface area contributed by atoms with Gasteiger partial charge in [-0.3, -0.25) is 14.6 Å². The zero-order chi connectivity index (χ0) is 16.8. The Hall–Kier alpha value is -2.89. The summed E-state index contributed by atoms with van der Waals surface area (Å²) in [5, 5.41) is 3.25. The van der Waals surface area contributed by atoms with Crippen molar-refractivity contribution < 1.29 is 18.7 Å². The molecule has 5 nitrogen and oxygen atoms in total. The molecular formula is C18H15FN2O3. The second-order valence-electron chi connectivity index (χ2n) is 5.87. The molecule has 0 aliphatic carbocycles. The zero-order valence-corrected chi connectivity index (χ0v) is 13.0. The number of nitrogens with zero attached hydrogens (tertiary/aromatic N) is 2. The molecule has 1 fully saturated rings. The first-order valence-corrected chi connectivity index (χ1v) is 7.70. The van der Waals surface area contributed by atoms with Gasteiger partial charge >= 0.3 is 5.97 Å². The maximum atomic E-state index is 13.3. The molecule has 0 saturated carbocycles. The predicted molar refractivity (Wildman–Crippen MR) is 84.4 cm³/mol. The Balaban J connectivity index is 1.83. The molecule has 1 amide bonds. The lowest BCUT2D eigenvalue weighted by atomic mass is 9.97. The van der Waals surface area contributed by atoms with Gasteiger partial charge in [0, 0.05) is 18.9 Å². The first-order chi connectivity index (χ1) is 11.6. The molecule has 2 aromatic carbocycles. The van der Waals surface area contributed by atoms with Gasteiger partial charge in [-0.05, 0) is 35.9 Å². The summed E-state index contributed by atoms with van der Waals surface area (Å²) >= 11 is 0. The smallest absolute Gasteiger partial charge is 0.304 e. The summed E-state index contributed by atoms with van der Waals surface area (Å²) in [7, 11) is 0. The molecule has 2 heterocycles. The van der Waals surface area contributed by atoms with E-state index in [9.17, 15) is 14.0 Å². The van der Waals surface area contributed by atoms with E-state index < -0.39 is 12.2 Å². The van der Waals surface area contributed by atoms with E-state index in [1.165, 1.54) is 24.1 Å². The number of hydrogen-bond acceptors (Lipinski definition) is 4. The van der Waals surface area contributed by atoms with Crippen LogP contribution in [0.2, 0.25) is 0 Å². The SMILES string of the molecule is CC(=O)O[C@H]1C[C@H]2c3ccccc3C(=O)N1N2c1ccc(F)cc1.